The lowest BCUT2D eigenvalue weighted by Gasteiger charge is -2.27. The Balaban J connectivity index is 1.81. The molecule has 0 spiro atoms. The normalized spacial score (nSPS) is 18.2. The van der Waals surface area contributed by atoms with Gasteiger partial charge in [0, 0.05) is 23.3 Å². The molecule has 1 aliphatic heterocycles. The fourth-order valence-electron chi connectivity index (χ4n) is 4.32. The number of thiocarbonyl (C=S) groups is 1. The largest absolute Gasteiger partial charge is 0.465 e. The van der Waals surface area contributed by atoms with Crippen LogP contribution in [0, 0.1) is 13.8 Å². The molecular formula is C24H26N4O2S. The van der Waals surface area contributed by atoms with Gasteiger partial charge in [-0.15, -0.1) is 0 Å². The van der Waals surface area contributed by atoms with Gasteiger partial charge in [-0.1, -0.05) is 24.3 Å². The van der Waals surface area contributed by atoms with Crippen LogP contribution in [-0.4, -0.2) is 38.7 Å². The zero-order valence-electron chi connectivity index (χ0n) is 17.9. The van der Waals surface area contributed by atoms with Crippen LogP contribution in [-0.2, 0) is 9.53 Å². The summed E-state index contributed by atoms with van der Waals surface area (Å²) in [6, 6.07) is 17.9. The maximum atomic E-state index is 12.4. The number of nitrogens with one attached hydrogen (secondary N) is 1. The molecule has 6 nitrogen and oxygen atoms in total. The Morgan fingerprint density at radius 1 is 1.16 bits per heavy atom. The number of benzene rings is 1. The van der Waals surface area contributed by atoms with Crippen LogP contribution in [0.15, 0.2) is 60.8 Å². The average Bonchev–Trinajstić information content (AvgIpc) is 3.25. The van der Waals surface area contributed by atoms with Crippen molar-refractivity contribution in [3.63, 3.8) is 0 Å². The third kappa shape index (κ3) is 4.05. The van der Waals surface area contributed by atoms with Crippen LogP contribution in [0.4, 0.5) is 0 Å². The molecule has 1 aliphatic rings. The maximum Gasteiger partial charge on any atom is 0.325 e. The summed E-state index contributed by atoms with van der Waals surface area (Å²) in [5.74, 6) is -0.296. The number of rotatable bonds is 6. The molecule has 1 N–H and O–H groups in total. The molecule has 31 heavy (non-hydrogen) atoms. The van der Waals surface area contributed by atoms with Crippen LogP contribution < -0.4 is 5.32 Å². The van der Waals surface area contributed by atoms with Crippen molar-refractivity contribution in [3.8, 4) is 5.69 Å². The van der Waals surface area contributed by atoms with Gasteiger partial charge in [-0.25, -0.2) is 0 Å². The SMILES string of the molecule is CCOC(=O)CN1C(=S)N[C@@H](c2ccccn2)[C@H]1c1cc(C)n(-c2ccccc2)c1C. The summed E-state index contributed by atoms with van der Waals surface area (Å²) < 4.78 is 7.45. The molecule has 160 valence electrons. The van der Waals surface area contributed by atoms with Gasteiger partial charge in [0.25, 0.3) is 0 Å². The van der Waals surface area contributed by atoms with Crippen LogP contribution in [0.5, 0.6) is 0 Å². The molecule has 0 saturated carbocycles. The van der Waals surface area contributed by atoms with Crippen molar-refractivity contribution >= 4 is 23.3 Å². The van der Waals surface area contributed by atoms with Gasteiger partial charge in [0.15, 0.2) is 5.11 Å². The van der Waals surface area contributed by atoms with Crippen molar-refractivity contribution in [2.45, 2.75) is 32.9 Å². The van der Waals surface area contributed by atoms with E-state index in [0.717, 1.165) is 28.3 Å². The molecule has 7 heteroatoms. The minimum Gasteiger partial charge on any atom is -0.465 e. The number of carbonyl (C=O) groups is 1. The number of hydrogen-bond donors (Lipinski definition) is 1. The van der Waals surface area contributed by atoms with E-state index in [9.17, 15) is 4.79 Å². The number of esters is 1. The maximum absolute atomic E-state index is 12.4. The molecular weight excluding hydrogens is 408 g/mol. The molecule has 1 saturated heterocycles. The van der Waals surface area contributed by atoms with Gasteiger partial charge in [0.2, 0.25) is 0 Å². The van der Waals surface area contributed by atoms with E-state index >= 15 is 0 Å². The van der Waals surface area contributed by atoms with E-state index in [1.807, 2.05) is 41.3 Å². The molecule has 0 unspecified atom stereocenters. The predicted octanol–water partition coefficient (Wildman–Crippen LogP) is 4.02. The van der Waals surface area contributed by atoms with Crippen LogP contribution >= 0.6 is 12.2 Å². The van der Waals surface area contributed by atoms with E-state index in [4.69, 9.17) is 17.0 Å². The third-order valence-electron chi connectivity index (χ3n) is 5.61. The molecule has 0 bridgehead atoms. The zero-order chi connectivity index (χ0) is 22.0. The fourth-order valence-corrected chi connectivity index (χ4v) is 4.63. The van der Waals surface area contributed by atoms with Gasteiger partial charge >= 0.3 is 5.97 Å². The summed E-state index contributed by atoms with van der Waals surface area (Å²) in [5.41, 5.74) is 5.31. The summed E-state index contributed by atoms with van der Waals surface area (Å²) in [6.45, 7) is 6.43. The molecule has 0 radical (unpaired) electrons. The quantitative estimate of drug-likeness (QED) is 0.467. The highest BCUT2D eigenvalue weighted by molar-refractivity contribution is 7.80. The monoisotopic (exact) mass is 434 g/mol. The Kier molecular flexibility index (Phi) is 6.04. The van der Waals surface area contributed by atoms with Gasteiger partial charge in [0.1, 0.15) is 6.54 Å². The predicted molar refractivity (Wildman–Crippen MR) is 124 cm³/mol. The van der Waals surface area contributed by atoms with Gasteiger partial charge in [0.05, 0.1) is 24.4 Å². The molecule has 2 atom stereocenters. The number of aromatic nitrogens is 2. The molecule has 0 aliphatic carbocycles. The highest BCUT2D eigenvalue weighted by Gasteiger charge is 2.42. The first kappa shape index (κ1) is 21.1. The van der Waals surface area contributed by atoms with Crippen molar-refractivity contribution in [2.75, 3.05) is 13.2 Å². The Bertz CT molecular complexity index is 1080. The van der Waals surface area contributed by atoms with Gasteiger partial charge in [-0.3, -0.25) is 9.78 Å². The van der Waals surface area contributed by atoms with Crippen molar-refractivity contribution in [1.82, 2.24) is 19.8 Å². The minimum absolute atomic E-state index is 0.0860. The van der Waals surface area contributed by atoms with E-state index in [1.54, 1.807) is 13.1 Å². The number of hydrogen-bond acceptors (Lipinski definition) is 4. The molecule has 1 fully saturated rings. The average molecular weight is 435 g/mol. The number of ether oxygens (including phenoxy) is 1. The summed E-state index contributed by atoms with van der Waals surface area (Å²) >= 11 is 5.65. The topological polar surface area (TPSA) is 59.4 Å². The fraction of sp³-hybridized carbons (Fsp3) is 0.292. The van der Waals surface area contributed by atoms with E-state index in [0.29, 0.717) is 11.7 Å². The Labute approximate surface area is 187 Å². The molecule has 0 amide bonds. The minimum atomic E-state index is -0.296. The lowest BCUT2D eigenvalue weighted by molar-refractivity contribution is -0.143. The summed E-state index contributed by atoms with van der Waals surface area (Å²) in [6.07, 6.45) is 1.78. The third-order valence-corrected chi connectivity index (χ3v) is 5.96. The zero-order valence-corrected chi connectivity index (χ0v) is 18.7. The van der Waals surface area contributed by atoms with Crippen LogP contribution in [0.1, 0.15) is 41.7 Å². The van der Waals surface area contributed by atoms with E-state index in [2.05, 4.69) is 46.9 Å². The molecule has 3 heterocycles. The number of nitrogens with zero attached hydrogens (tertiary/aromatic N) is 3. The summed E-state index contributed by atoms with van der Waals surface area (Å²) in [5, 5.41) is 3.92. The van der Waals surface area contributed by atoms with E-state index in [-0.39, 0.29) is 24.6 Å². The van der Waals surface area contributed by atoms with Gasteiger partial charge < -0.3 is 19.5 Å². The lowest BCUT2D eigenvalue weighted by atomic mass is 9.97. The second-order valence-corrected chi connectivity index (χ2v) is 7.94. The van der Waals surface area contributed by atoms with Gasteiger partial charge in [-0.05, 0) is 68.9 Å². The second kappa shape index (κ2) is 8.89. The Morgan fingerprint density at radius 3 is 2.58 bits per heavy atom. The summed E-state index contributed by atoms with van der Waals surface area (Å²) in [4.78, 5) is 18.9. The number of aryl methyl sites for hydroxylation is 1. The summed E-state index contributed by atoms with van der Waals surface area (Å²) in [7, 11) is 0. The van der Waals surface area contributed by atoms with E-state index in [1.165, 1.54) is 0 Å². The highest BCUT2D eigenvalue weighted by atomic mass is 32.1. The van der Waals surface area contributed by atoms with Crippen molar-refractivity contribution in [2.24, 2.45) is 0 Å². The molecule has 4 rings (SSSR count). The molecule has 1 aromatic carbocycles. The number of para-hydroxylation sites is 1. The molecule has 3 aromatic rings. The number of carbonyl (C=O) groups excluding carboxylic acids is 1. The first-order valence-electron chi connectivity index (χ1n) is 10.4. The van der Waals surface area contributed by atoms with Crippen LogP contribution in [0.3, 0.4) is 0 Å². The second-order valence-electron chi connectivity index (χ2n) is 7.56. The van der Waals surface area contributed by atoms with Crippen molar-refractivity contribution in [3.05, 3.63) is 83.4 Å². The lowest BCUT2D eigenvalue weighted by Crippen LogP contribution is -2.35. The van der Waals surface area contributed by atoms with Crippen LogP contribution in [0.25, 0.3) is 5.69 Å². The standard InChI is InChI=1S/C24H26N4O2S/c1-4-30-21(29)15-27-23(22(26-24(27)31)20-12-8-9-13-25-20)19-14-16(2)28(17(19)3)18-10-6-5-7-11-18/h5-14,22-23H,4,15H2,1-3H3,(H,26,31)/t22-,23+/m0/s1. The van der Waals surface area contributed by atoms with Crippen molar-refractivity contribution in [1.29, 1.82) is 0 Å². The smallest absolute Gasteiger partial charge is 0.325 e. The van der Waals surface area contributed by atoms with Crippen LogP contribution in [0.2, 0.25) is 0 Å². The van der Waals surface area contributed by atoms with Crippen molar-refractivity contribution < 1.29 is 9.53 Å². The first-order valence-corrected chi connectivity index (χ1v) is 10.8. The first-order chi connectivity index (χ1) is 15.0. The number of pyridine rings is 1. The Hall–Kier alpha value is -3.19. The molecule has 2 aromatic heterocycles. The van der Waals surface area contributed by atoms with E-state index < -0.39 is 0 Å². The highest BCUT2D eigenvalue weighted by Crippen LogP contribution is 2.41. The van der Waals surface area contributed by atoms with Gasteiger partial charge in [-0.2, -0.15) is 0 Å². The Morgan fingerprint density at radius 2 is 1.90 bits per heavy atom.